The molecule has 144 valence electrons. The van der Waals surface area contributed by atoms with Crippen molar-refractivity contribution in [3.63, 3.8) is 0 Å². The Morgan fingerprint density at radius 1 is 1.12 bits per heavy atom. The molecule has 3 heterocycles. The Morgan fingerprint density at radius 2 is 1.92 bits per heavy atom. The summed E-state index contributed by atoms with van der Waals surface area (Å²) in [6.45, 7) is 7.53. The van der Waals surface area contributed by atoms with Crippen molar-refractivity contribution in [2.45, 2.75) is 38.6 Å². The first-order valence-corrected chi connectivity index (χ1v) is 9.77. The minimum atomic E-state index is -0.0261. The standard InChI is InChI=1S/C19H30N4O3/c1-2-21-8-4-3-6-17(21)14-20-19(25)23-10-5-9-22(11-12-23)18(24)16-7-13-26-15-16/h7,13,15,17H,2-6,8-12,14H2,1H3,(H,20,25). The lowest BCUT2D eigenvalue weighted by Gasteiger charge is -2.35. The second-order valence-electron chi connectivity index (χ2n) is 7.11. The molecule has 0 bridgehead atoms. The zero-order valence-corrected chi connectivity index (χ0v) is 15.7. The van der Waals surface area contributed by atoms with Gasteiger partial charge in [-0.15, -0.1) is 0 Å². The number of amides is 3. The number of carbonyl (C=O) groups is 2. The van der Waals surface area contributed by atoms with E-state index in [9.17, 15) is 9.59 Å². The smallest absolute Gasteiger partial charge is 0.317 e. The molecule has 1 atom stereocenters. The fourth-order valence-electron chi connectivity index (χ4n) is 3.92. The quantitative estimate of drug-likeness (QED) is 0.890. The average Bonchev–Trinajstić information content (AvgIpc) is 3.10. The van der Waals surface area contributed by atoms with Gasteiger partial charge in [0.2, 0.25) is 0 Å². The lowest BCUT2D eigenvalue weighted by atomic mass is 10.0. The molecule has 1 N–H and O–H groups in total. The molecular formula is C19H30N4O3. The molecule has 0 aromatic carbocycles. The van der Waals surface area contributed by atoms with E-state index in [1.54, 1.807) is 11.0 Å². The van der Waals surface area contributed by atoms with E-state index in [2.05, 4.69) is 17.1 Å². The molecule has 1 aromatic heterocycles. The van der Waals surface area contributed by atoms with Crippen molar-refractivity contribution < 1.29 is 14.0 Å². The summed E-state index contributed by atoms with van der Waals surface area (Å²) in [7, 11) is 0. The first-order valence-electron chi connectivity index (χ1n) is 9.77. The lowest BCUT2D eigenvalue weighted by molar-refractivity contribution is 0.0761. The number of piperidine rings is 1. The van der Waals surface area contributed by atoms with Crippen LogP contribution in [0.2, 0.25) is 0 Å². The van der Waals surface area contributed by atoms with Crippen LogP contribution in [0.15, 0.2) is 23.0 Å². The van der Waals surface area contributed by atoms with Gasteiger partial charge in [-0.1, -0.05) is 13.3 Å². The van der Waals surface area contributed by atoms with Crippen molar-refractivity contribution in [2.24, 2.45) is 0 Å². The highest BCUT2D eigenvalue weighted by Gasteiger charge is 2.25. The van der Waals surface area contributed by atoms with Gasteiger partial charge in [0.1, 0.15) is 6.26 Å². The van der Waals surface area contributed by atoms with E-state index >= 15 is 0 Å². The van der Waals surface area contributed by atoms with Crippen LogP contribution in [0.3, 0.4) is 0 Å². The average molecular weight is 362 g/mol. The van der Waals surface area contributed by atoms with Gasteiger partial charge < -0.3 is 19.5 Å². The second-order valence-corrected chi connectivity index (χ2v) is 7.11. The van der Waals surface area contributed by atoms with E-state index in [1.807, 2.05) is 4.90 Å². The third-order valence-electron chi connectivity index (χ3n) is 5.48. The van der Waals surface area contributed by atoms with E-state index in [0.29, 0.717) is 44.3 Å². The molecule has 0 aliphatic carbocycles. The molecule has 2 fully saturated rings. The fourth-order valence-corrected chi connectivity index (χ4v) is 3.92. The Bertz CT molecular complexity index is 590. The van der Waals surface area contributed by atoms with Gasteiger partial charge in [-0.05, 0) is 38.4 Å². The summed E-state index contributed by atoms with van der Waals surface area (Å²) >= 11 is 0. The molecular weight excluding hydrogens is 332 g/mol. The molecule has 7 nitrogen and oxygen atoms in total. The number of nitrogens with zero attached hydrogens (tertiary/aromatic N) is 3. The Morgan fingerprint density at radius 3 is 2.69 bits per heavy atom. The van der Waals surface area contributed by atoms with Gasteiger partial charge in [0.05, 0.1) is 11.8 Å². The molecule has 26 heavy (non-hydrogen) atoms. The van der Waals surface area contributed by atoms with Crippen molar-refractivity contribution in [3.8, 4) is 0 Å². The zero-order chi connectivity index (χ0) is 18.4. The highest BCUT2D eigenvalue weighted by atomic mass is 16.3. The maximum atomic E-state index is 12.6. The Hall–Kier alpha value is -2.02. The molecule has 0 saturated carbocycles. The van der Waals surface area contributed by atoms with Crippen LogP contribution in [0.25, 0.3) is 0 Å². The van der Waals surface area contributed by atoms with Gasteiger partial charge in [-0.25, -0.2) is 4.79 Å². The Kier molecular flexibility index (Phi) is 6.55. The SMILES string of the molecule is CCN1CCCCC1CNC(=O)N1CCCN(C(=O)c2ccoc2)CC1. The van der Waals surface area contributed by atoms with E-state index < -0.39 is 0 Å². The molecule has 0 radical (unpaired) electrons. The molecule has 3 rings (SSSR count). The van der Waals surface area contributed by atoms with Gasteiger partial charge in [-0.2, -0.15) is 0 Å². The number of hydrogen-bond acceptors (Lipinski definition) is 4. The van der Waals surface area contributed by atoms with Gasteiger partial charge in [0.15, 0.2) is 0 Å². The monoisotopic (exact) mass is 362 g/mol. The maximum absolute atomic E-state index is 12.6. The van der Waals surface area contributed by atoms with Gasteiger partial charge in [0, 0.05) is 38.8 Å². The van der Waals surface area contributed by atoms with E-state index in [-0.39, 0.29) is 11.9 Å². The minimum Gasteiger partial charge on any atom is -0.472 e. The van der Waals surface area contributed by atoms with E-state index in [4.69, 9.17) is 4.42 Å². The van der Waals surface area contributed by atoms with Crippen molar-refractivity contribution >= 4 is 11.9 Å². The summed E-state index contributed by atoms with van der Waals surface area (Å²) in [4.78, 5) is 31.1. The maximum Gasteiger partial charge on any atom is 0.317 e. The van der Waals surface area contributed by atoms with Crippen molar-refractivity contribution in [1.29, 1.82) is 0 Å². The lowest BCUT2D eigenvalue weighted by Crippen LogP contribution is -2.50. The van der Waals surface area contributed by atoms with Crippen LogP contribution in [0, 0.1) is 0 Å². The molecule has 1 aromatic rings. The second kappa shape index (κ2) is 9.07. The first kappa shape index (κ1) is 18.8. The normalized spacial score (nSPS) is 22.1. The highest BCUT2D eigenvalue weighted by Crippen LogP contribution is 2.16. The largest absolute Gasteiger partial charge is 0.472 e. The number of nitrogens with one attached hydrogen (secondary N) is 1. The predicted molar refractivity (Wildman–Crippen MR) is 99.1 cm³/mol. The number of rotatable bonds is 4. The summed E-state index contributed by atoms with van der Waals surface area (Å²) in [5, 5.41) is 3.11. The molecule has 2 saturated heterocycles. The highest BCUT2D eigenvalue weighted by molar-refractivity contribution is 5.93. The summed E-state index contributed by atoms with van der Waals surface area (Å²) in [6.07, 6.45) is 7.43. The molecule has 3 amide bonds. The van der Waals surface area contributed by atoms with E-state index in [1.165, 1.54) is 25.4 Å². The molecule has 2 aliphatic rings. The number of hydrogen-bond donors (Lipinski definition) is 1. The number of carbonyl (C=O) groups excluding carboxylic acids is 2. The Labute approximate surface area is 155 Å². The van der Waals surface area contributed by atoms with Crippen LogP contribution >= 0.6 is 0 Å². The van der Waals surface area contributed by atoms with Crippen LogP contribution in [-0.2, 0) is 0 Å². The summed E-state index contributed by atoms with van der Waals surface area (Å²) in [6, 6.07) is 2.12. The predicted octanol–water partition coefficient (Wildman–Crippen LogP) is 2.01. The molecule has 1 unspecified atom stereocenters. The summed E-state index contributed by atoms with van der Waals surface area (Å²) in [5.74, 6) is -0.0261. The van der Waals surface area contributed by atoms with Crippen LogP contribution in [0.4, 0.5) is 4.79 Å². The topological polar surface area (TPSA) is 69.0 Å². The first-order chi connectivity index (χ1) is 12.7. The Balaban J connectivity index is 1.47. The van der Waals surface area contributed by atoms with Gasteiger partial charge in [0.25, 0.3) is 5.91 Å². The number of furan rings is 1. The summed E-state index contributed by atoms with van der Waals surface area (Å²) in [5.41, 5.74) is 0.569. The number of likely N-dealkylation sites (N-methyl/N-ethyl adjacent to an activating group) is 1. The van der Waals surface area contributed by atoms with Gasteiger partial charge >= 0.3 is 6.03 Å². The number of likely N-dealkylation sites (tertiary alicyclic amines) is 1. The summed E-state index contributed by atoms with van der Waals surface area (Å²) < 4.78 is 5.00. The molecule has 0 spiro atoms. The van der Waals surface area contributed by atoms with Crippen molar-refractivity contribution in [3.05, 3.63) is 24.2 Å². The third kappa shape index (κ3) is 4.58. The zero-order valence-electron chi connectivity index (χ0n) is 15.7. The molecule has 2 aliphatic heterocycles. The molecule has 7 heteroatoms. The van der Waals surface area contributed by atoms with Gasteiger partial charge in [-0.3, -0.25) is 9.69 Å². The van der Waals surface area contributed by atoms with Crippen molar-refractivity contribution in [1.82, 2.24) is 20.0 Å². The fraction of sp³-hybridized carbons (Fsp3) is 0.684. The van der Waals surface area contributed by atoms with Crippen molar-refractivity contribution in [2.75, 3.05) is 45.8 Å². The van der Waals surface area contributed by atoms with Crippen LogP contribution in [0.5, 0.6) is 0 Å². The third-order valence-corrected chi connectivity index (χ3v) is 5.48. The van der Waals surface area contributed by atoms with Crippen LogP contribution < -0.4 is 5.32 Å². The minimum absolute atomic E-state index is 0.00997. The van der Waals surface area contributed by atoms with Crippen LogP contribution in [0.1, 0.15) is 43.0 Å². The number of urea groups is 1. The van der Waals surface area contributed by atoms with E-state index in [0.717, 1.165) is 25.9 Å². The van der Waals surface area contributed by atoms with Crippen LogP contribution in [-0.4, -0.2) is 78.5 Å².